The number of hydrogen-bond donors (Lipinski definition) is 1. The lowest BCUT2D eigenvalue weighted by Crippen LogP contribution is -2.23. The molecule has 0 saturated heterocycles. The molecule has 0 saturated carbocycles. The molecule has 0 unspecified atom stereocenters. The molecule has 3 heteroatoms. The molecular weight excluding hydrogens is 362 g/mol. The third kappa shape index (κ3) is 18.4. The minimum absolute atomic E-state index is 0.121. The van der Waals surface area contributed by atoms with Crippen molar-refractivity contribution in [3.63, 3.8) is 0 Å². The van der Waals surface area contributed by atoms with E-state index in [1.807, 2.05) is 6.92 Å². The Morgan fingerprint density at radius 2 is 1.58 bits per heavy atom. The highest BCUT2D eigenvalue weighted by atomic mass is 79.9. The summed E-state index contributed by atoms with van der Waals surface area (Å²) in [5, 5.41) is 2.86. The van der Waals surface area contributed by atoms with E-state index in [1.54, 1.807) is 11.1 Å². The number of amides is 1. The summed E-state index contributed by atoms with van der Waals surface area (Å²) in [6.07, 6.45) is 11.4. The minimum Gasteiger partial charge on any atom is -0.356 e. The van der Waals surface area contributed by atoms with Crippen LogP contribution in [0.2, 0.25) is 0 Å². The van der Waals surface area contributed by atoms with E-state index < -0.39 is 0 Å². The van der Waals surface area contributed by atoms with Gasteiger partial charge in [0.25, 0.3) is 0 Å². The monoisotopic (exact) mass is 389 g/mol. The minimum atomic E-state index is 0.121. The van der Waals surface area contributed by atoms with E-state index in [9.17, 15) is 4.79 Å². The molecule has 0 spiro atoms. The summed E-state index contributed by atoms with van der Waals surface area (Å²) in [5.74, 6) is 18.0. The predicted molar refractivity (Wildman–Crippen MR) is 106 cm³/mol. The van der Waals surface area contributed by atoms with Gasteiger partial charge in [0.15, 0.2) is 0 Å². The largest absolute Gasteiger partial charge is 0.356 e. The fourth-order valence-corrected chi connectivity index (χ4v) is 1.98. The second-order valence-corrected chi connectivity index (χ2v) is 5.86. The van der Waals surface area contributed by atoms with Gasteiger partial charge in [-0.25, -0.2) is 0 Å². The van der Waals surface area contributed by atoms with Gasteiger partial charge >= 0.3 is 0 Å². The number of halogens is 1. The fourth-order valence-electron chi connectivity index (χ4n) is 1.85. The number of allylic oxidation sites excluding steroid dienone is 1. The van der Waals surface area contributed by atoms with Crippen molar-refractivity contribution in [2.45, 2.75) is 71.1 Å². The number of nitrogens with one attached hydrogen (secondary N) is 1. The standard InChI is InChI=1S/C21H28BrNO/c1-2-20-23-21(24)18-16-14-12-10-8-6-4-3-5-7-9-11-13-15-17-19-22/h17,19H,2-5,7,9,11,14,16,18,20H2,1H3,(H,23,24)/b19-17+. The van der Waals surface area contributed by atoms with Crippen LogP contribution in [0.15, 0.2) is 11.1 Å². The van der Waals surface area contributed by atoms with Crippen LogP contribution < -0.4 is 5.32 Å². The maximum Gasteiger partial charge on any atom is 0.220 e. The average molecular weight is 390 g/mol. The Bertz CT molecular complexity index is 531. The van der Waals surface area contributed by atoms with E-state index in [-0.39, 0.29) is 5.91 Å². The molecule has 130 valence electrons. The lowest BCUT2D eigenvalue weighted by molar-refractivity contribution is -0.121. The van der Waals surface area contributed by atoms with Gasteiger partial charge in [-0.2, -0.15) is 0 Å². The number of unbranched alkanes of at least 4 members (excludes halogenated alkanes) is 6. The molecule has 0 fully saturated rings. The number of rotatable bonds is 10. The molecule has 0 heterocycles. The van der Waals surface area contributed by atoms with Gasteiger partial charge in [-0.15, -0.1) is 0 Å². The summed E-state index contributed by atoms with van der Waals surface area (Å²) in [7, 11) is 0. The Kier molecular flexibility index (Phi) is 18.1. The van der Waals surface area contributed by atoms with Crippen molar-refractivity contribution in [1.29, 1.82) is 0 Å². The van der Waals surface area contributed by atoms with Crippen LogP contribution in [0.4, 0.5) is 0 Å². The van der Waals surface area contributed by atoms with Crippen LogP contribution in [0.25, 0.3) is 0 Å². The van der Waals surface area contributed by atoms with Crippen LogP contribution in [-0.2, 0) is 4.79 Å². The quantitative estimate of drug-likeness (QED) is 0.415. The molecule has 2 nitrogen and oxygen atoms in total. The molecule has 0 aliphatic heterocycles. The van der Waals surface area contributed by atoms with Crippen LogP contribution in [0.3, 0.4) is 0 Å². The predicted octanol–water partition coefficient (Wildman–Crippen LogP) is 4.94. The smallest absolute Gasteiger partial charge is 0.220 e. The second kappa shape index (κ2) is 19.4. The average Bonchev–Trinajstić information content (AvgIpc) is 2.59. The zero-order valence-corrected chi connectivity index (χ0v) is 16.3. The van der Waals surface area contributed by atoms with Crippen LogP contribution >= 0.6 is 15.9 Å². The normalized spacial score (nSPS) is 9.25. The Labute approximate surface area is 156 Å². The maximum absolute atomic E-state index is 11.4. The molecule has 0 bridgehead atoms. The molecule has 0 aromatic rings. The Balaban J connectivity index is 3.46. The summed E-state index contributed by atoms with van der Waals surface area (Å²) < 4.78 is 0. The van der Waals surface area contributed by atoms with Crippen molar-refractivity contribution < 1.29 is 4.79 Å². The first kappa shape index (κ1) is 22.4. The van der Waals surface area contributed by atoms with E-state index in [0.717, 1.165) is 51.5 Å². The van der Waals surface area contributed by atoms with Gasteiger partial charge in [0.2, 0.25) is 5.91 Å². The van der Waals surface area contributed by atoms with Gasteiger partial charge in [-0.1, -0.05) is 59.4 Å². The van der Waals surface area contributed by atoms with E-state index in [0.29, 0.717) is 6.42 Å². The topological polar surface area (TPSA) is 29.1 Å². The molecule has 0 aromatic carbocycles. The molecule has 1 N–H and O–H groups in total. The molecule has 0 atom stereocenters. The van der Waals surface area contributed by atoms with Crippen LogP contribution in [0, 0.1) is 35.5 Å². The van der Waals surface area contributed by atoms with Gasteiger partial charge in [-0.3, -0.25) is 4.79 Å². The summed E-state index contributed by atoms with van der Waals surface area (Å²) >= 11 is 3.18. The Morgan fingerprint density at radius 1 is 0.958 bits per heavy atom. The molecular formula is C21H28BrNO. The maximum atomic E-state index is 11.4. The lowest BCUT2D eigenvalue weighted by atomic mass is 10.1. The zero-order chi connectivity index (χ0) is 17.7. The first-order valence-electron chi connectivity index (χ1n) is 8.77. The van der Waals surface area contributed by atoms with E-state index in [4.69, 9.17) is 0 Å². The third-order valence-corrected chi connectivity index (χ3v) is 3.38. The van der Waals surface area contributed by atoms with E-state index >= 15 is 0 Å². The van der Waals surface area contributed by atoms with Crippen LogP contribution in [0.1, 0.15) is 71.1 Å². The summed E-state index contributed by atoms with van der Waals surface area (Å²) in [6.45, 7) is 2.81. The number of carbonyl (C=O) groups excluding carboxylic acids is 1. The molecule has 0 aromatic heterocycles. The summed E-state index contributed by atoms with van der Waals surface area (Å²) in [4.78, 5) is 13.1. The van der Waals surface area contributed by atoms with Crippen molar-refractivity contribution in [3.05, 3.63) is 11.1 Å². The van der Waals surface area contributed by atoms with Gasteiger partial charge < -0.3 is 5.32 Å². The van der Waals surface area contributed by atoms with Gasteiger partial charge in [0, 0.05) is 32.2 Å². The Hall–Kier alpha value is -1.63. The molecule has 0 aliphatic rings. The first-order valence-corrected chi connectivity index (χ1v) is 9.68. The first-order chi connectivity index (χ1) is 11.8. The van der Waals surface area contributed by atoms with E-state index in [1.165, 1.54) is 12.8 Å². The van der Waals surface area contributed by atoms with Crippen molar-refractivity contribution >= 4 is 21.8 Å². The molecule has 24 heavy (non-hydrogen) atoms. The molecule has 1 amide bonds. The highest BCUT2D eigenvalue weighted by Gasteiger charge is 1.97. The summed E-state index contributed by atoms with van der Waals surface area (Å²) in [5.41, 5.74) is 0. The fraction of sp³-hybridized carbons (Fsp3) is 0.571. The number of hydrogen-bond acceptors (Lipinski definition) is 1. The Morgan fingerprint density at radius 3 is 2.21 bits per heavy atom. The molecule has 0 rings (SSSR count). The van der Waals surface area contributed by atoms with Crippen molar-refractivity contribution in [3.8, 4) is 35.5 Å². The molecule has 0 aliphatic carbocycles. The SMILES string of the molecule is CCCNC(=O)CCCC#CC#CCCCCCCC#C/C=C/Br. The highest BCUT2D eigenvalue weighted by Crippen LogP contribution is 2.04. The van der Waals surface area contributed by atoms with Crippen molar-refractivity contribution in [2.24, 2.45) is 0 Å². The van der Waals surface area contributed by atoms with Crippen LogP contribution in [0.5, 0.6) is 0 Å². The lowest BCUT2D eigenvalue weighted by Gasteiger charge is -2.00. The highest BCUT2D eigenvalue weighted by molar-refractivity contribution is 9.11. The second-order valence-electron chi connectivity index (χ2n) is 5.34. The van der Waals surface area contributed by atoms with Gasteiger partial charge in [0.1, 0.15) is 0 Å². The zero-order valence-electron chi connectivity index (χ0n) is 14.7. The number of carbonyl (C=O) groups is 1. The van der Waals surface area contributed by atoms with Gasteiger partial charge in [-0.05, 0) is 48.6 Å². The van der Waals surface area contributed by atoms with Gasteiger partial charge in [0.05, 0.1) is 0 Å². The van der Waals surface area contributed by atoms with Crippen molar-refractivity contribution in [1.82, 2.24) is 5.32 Å². The van der Waals surface area contributed by atoms with Crippen LogP contribution in [-0.4, -0.2) is 12.5 Å². The third-order valence-electron chi connectivity index (χ3n) is 3.12. The molecule has 0 radical (unpaired) electrons. The van der Waals surface area contributed by atoms with Crippen molar-refractivity contribution in [2.75, 3.05) is 6.54 Å². The van der Waals surface area contributed by atoms with E-state index in [2.05, 4.69) is 56.8 Å². The summed E-state index contributed by atoms with van der Waals surface area (Å²) in [6, 6.07) is 0.